The van der Waals surface area contributed by atoms with Crippen molar-refractivity contribution in [1.82, 2.24) is 15.8 Å². The van der Waals surface area contributed by atoms with E-state index in [2.05, 4.69) is 16.2 Å². The molecular formula is C22H25FN4O3. The Hall–Kier alpha value is -2.97. The van der Waals surface area contributed by atoms with Crippen molar-refractivity contribution in [3.05, 3.63) is 59.4 Å². The number of nitrogens with one attached hydrogen (secondary N) is 3. The smallest absolute Gasteiger partial charge is 0.262 e. The number of hydrogen-bond acceptors (Lipinski definition) is 5. The minimum Gasteiger partial charge on any atom is -0.482 e. The van der Waals surface area contributed by atoms with E-state index in [4.69, 9.17) is 4.74 Å². The van der Waals surface area contributed by atoms with Crippen LogP contribution < -0.4 is 20.9 Å². The molecule has 8 heteroatoms. The van der Waals surface area contributed by atoms with Gasteiger partial charge in [-0.15, -0.1) is 0 Å². The molecule has 2 atom stereocenters. The van der Waals surface area contributed by atoms with Gasteiger partial charge in [-0.3, -0.25) is 20.4 Å². The maximum atomic E-state index is 13.1. The maximum absolute atomic E-state index is 13.1. The minimum atomic E-state index is -0.234. The van der Waals surface area contributed by atoms with Crippen LogP contribution in [0.2, 0.25) is 0 Å². The summed E-state index contributed by atoms with van der Waals surface area (Å²) in [5.74, 6) is 0.0171. The zero-order chi connectivity index (χ0) is 21.1. The lowest BCUT2D eigenvalue weighted by Gasteiger charge is -2.21. The molecule has 2 aromatic carbocycles. The third-order valence-electron chi connectivity index (χ3n) is 5.51. The van der Waals surface area contributed by atoms with Gasteiger partial charge in [-0.25, -0.2) is 4.39 Å². The first-order chi connectivity index (χ1) is 14.5. The van der Waals surface area contributed by atoms with Gasteiger partial charge in [0, 0.05) is 31.2 Å². The van der Waals surface area contributed by atoms with Crippen LogP contribution in [0.4, 0.5) is 10.1 Å². The molecule has 7 nitrogen and oxygen atoms in total. The summed E-state index contributed by atoms with van der Waals surface area (Å²) >= 11 is 0. The zero-order valence-corrected chi connectivity index (χ0v) is 16.8. The van der Waals surface area contributed by atoms with Crippen molar-refractivity contribution in [3.63, 3.8) is 0 Å². The molecule has 30 heavy (non-hydrogen) atoms. The van der Waals surface area contributed by atoms with Gasteiger partial charge < -0.3 is 15.0 Å². The number of amides is 2. The van der Waals surface area contributed by atoms with Gasteiger partial charge in [-0.05, 0) is 55.2 Å². The fourth-order valence-corrected chi connectivity index (χ4v) is 3.84. The molecule has 0 saturated carbocycles. The van der Waals surface area contributed by atoms with Crippen LogP contribution in [-0.4, -0.2) is 43.0 Å². The van der Waals surface area contributed by atoms with Crippen molar-refractivity contribution in [2.24, 2.45) is 0 Å². The van der Waals surface area contributed by atoms with E-state index >= 15 is 0 Å². The van der Waals surface area contributed by atoms with Crippen LogP contribution in [0.3, 0.4) is 0 Å². The standard InChI is InChI=1S/C22H25FN4O3/c1-27(22(29)15-6-9-20-19(11-15)24-21(28)13-30-20)10-2-3-17-12-18(26-25-17)14-4-7-16(23)8-5-14/h4-9,11,17-18,25-26H,2-3,10,12-13H2,1H3,(H,24,28). The Bertz CT molecular complexity index is 934. The summed E-state index contributed by atoms with van der Waals surface area (Å²) in [5.41, 5.74) is 8.65. The molecule has 2 aromatic rings. The van der Waals surface area contributed by atoms with E-state index in [1.165, 1.54) is 12.1 Å². The van der Waals surface area contributed by atoms with E-state index < -0.39 is 0 Å². The lowest BCUT2D eigenvalue weighted by molar-refractivity contribution is -0.118. The fourth-order valence-electron chi connectivity index (χ4n) is 3.84. The van der Waals surface area contributed by atoms with Crippen LogP contribution in [0.5, 0.6) is 5.75 Å². The highest BCUT2D eigenvalue weighted by molar-refractivity contribution is 5.99. The Morgan fingerprint density at radius 1 is 1.20 bits per heavy atom. The van der Waals surface area contributed by atoms with Gasteiger partial charge in [0.15, 0.2) is 6.61 Å². The molecule has 0 radical (unpaired) electrons. The van der Waals surface area contributed by atoms with Gasteiger partial charge in [0.25, 0.3) is 11.8 Å². The molecular weight excluding hydrogens is 387 g/mol. The van der Waals surface area contributed by atoms with Crippen LogP contribution >= 0.6 is 0 Å². The number of nitrogens with zero attached hydrogens (tertiary/aromatic N) is 1. The number of halogens is 1. The largest absolute Gasteiger partial charge is 0.482 e. The van der Waals surface area contributed by atoms with Crippen molar-refractivity contribution in [2.45, 2.75) is 31.3 Å². The Kier molecular flexibility index (Phi) is 5.96. The van der Waals surface area contributed by atoms with Crippen molar-refractivity contribution in [3.8, 4) is 5.75 Å². The number of anilines is 1. The lowest BCUT2D eigenvalue weighted by Crippen LogP contribution is -2.32. The van der Waals surface area contributed by atoms with Gasteiger partial charge in [0.1, 0.15) is 11.6 Å². The molecule has 0 spiro atoms. The van der Waals surface area contributed by atoms with Gasteiger partial charge in [0.05, 0.1) is 5.69 Å². The quantitative estimate of drug-likeness (QED) is 0.680. The molecule has 2 heterocycles. The molecule has 4 rings (SSSR count). The summed E-state index contributed by atoms with van der Waals surface area (Å²) < 4.78 is 18.4. The summed E-state index contributed by atoms with van der Waals surface area (Å²) in [6, 6.07) is 12.1. The second-order valence-corrected chi connectivity index (χ2v) is 7.74. The maximum Gasteiger partial charge on any atom is 0.262 e. The number of rotatable bonds is 6. The molecule has 158 valence electrons. The van der Waals surface area contributed by atoms with E-state index in [-0.39, 0.29) is 30.3 Å². The molecule has 0 bridgehead atoms. The first-order valence-corrected chi connectivity index (χ1v) is 10.1. The van der Waals surface area contributed by atoms with Crippen LogP contribution in [0.25, 0.3) is 0 Å². The summed E-state index contributed by atoms with van der Waals surface area (Å²) in [6.07, 6.45) is 2.67. The van der Waals surface area contributed by atoms with E-state index in [9.17, 15) is 14.0 Å². The minimum absolute atomic E-state index is 0.00767. The molecule has 2 aliphatic rings. The zero-order valence-electron chi connectivity index (χ0n) is 16.8. The summed E-state index contributed by atoms with van der Waals surface area (Å²) in [5, 5.41) is 2.72. The molecule has 0 aliphatic carbocycles. The number of hydrogen-bond donors (Lipinski definition) is 3. The molecule has 3 N–H and O–H groups in total. The predicted molar refractivity (Wildman–Crippen MR) is 111 cm³/mol. The molecule has 1 saturated heterocycles. The average Bonchev–Trinajstić information content (AvgIpc) is 3.22. The van der Waals surface area contributed by atoms with E-state index in [1.54, 1.807) is 42.3 Å². The Labute approximate surface area is 174 Å². The van der Waals surface area contributed by atoms with Gasteiger partial charge >= 0.3 is 0 Å². The van der Waals surface area contributed by atoms with Gasteiger partial charge in [-0.1, -0.05) is 12.1 Å². The number of carbonyl (C=O) groups excluding carboxylic acids is 2. The summed E-state index contributed by atoms with van der Waals surface area (Å²) in [7, 11) is 1.78. The normalized spacial score (nSPS) is 20.3. The van der Waals surface area contributed by atoms with Crippen LogP contribution in [0.1, 0.15) is 41.2 Å². The fraction of sp³-hybridized carbons (Fsp3) is 0.364. The van der Waals surface area contributed by atoms with Crippen LogP contribution in [-0.2, 0) is 4.79 Å². The third kappa shape index (κ3) is 4.60. The van der Waals surface area contributed by atoms with Crippen molar-refractivity contribution >= 4 is 17.5 Å². The number of ether oxygens (including phenoxy) is 1. The monoisotopic (exact) mass is 412 g/mol. The van der Waals surface area contributed by atoms with E-state index in [0.29, 0.717) is 29.6 Å². The van der Waals surface area contributed by atoms with Gasteiger partial charge in [0.2, 0.25) is 0 Å². The van der Waals surface area contributed by atoms with Crippen LogP contribution in [0, 0.1) is 5.82 Å². The first-order valence-electron chi connectivity index (χ1n) is 10.1. The summed E-state index contributed by atoms with van der Waals surface area (Å²) in [4.78, 5) is 25.9. The molecule has 2 unspecified atom stereocenters. The van der Waals surface area contributed by atoms with E-state index in [1.807, 2.05) is 0 Å². The van der Waals surface area contributed by atoms with Crippen molar-refractivity contribution in [1.29, 1.82) is 0 Å². The predicted octanol–water partition coefficient (Wildman–Crippen LogP) is 2.62. The highest BCUT2D eigenvalue weighted by Gasteiger charge is 2.25. The second kappa shape index (κ2) is 8.81. The van der Waals surface area contributed by atoms with Crippen LogP contribution in [0.15, 0.2) is 42.5 Å². The Morgan fingerprint density at radius 3 is 2.80 bits per heavy atom. The summed E-state index contributed by atoms with van der Waals surface area (Å²) in [6.45, 7) is 0.616. The Balaban J connectivity index is 1.25. The van der Waals surface area contributed by atoms with Gasteiger partial charge in [-0.2, -0.15) is 0 Å². The molecule has 1 fully saturated rings. The Morgan fingerprint density at radius 2 is 2.00 bits per heavy atom. The third-order valence-corrected chi connectivity index (χ3v) is 5.51. The first kappa shape index (κ1) is 20.3. The SMILES string of the molecule is CN(CCCC1CC(c2ccc(F)cc2)NN1)C(=O)c1ccc2c(c1)NC(=O)CO2. The van der Waals surface area contributed by atoms with Crippen molar-refractivity contribution < 1.29 is 18.7 Å². The highest BCUT2D eigenvalue weighted by Crippen LogP contribution is 2.29. The number of hydrazine groups is 1. The second-order valence-electron chi connectivity index (χ2n) is 7.74. The lowest BCUT2D eigenvalue weighted by atomic mass is 9.99. The van der Waals surface area contributed by atoms with Crippen molar-refractivity contribution in [2.75, 3.05) is 25.5 Å². The number of benzene rings is 2. The topological polar surface area (TPSA) is 82.7 Å². The molecule has 2 amide bonds. The average molecular weight is 412 g/mol. The molecule has 0 aromatic heterocycles. The highest BCUT2D eigenvalue weighted by atomic mass is 19.1. The molecule has 2 aliphatic heterocycles. The number of fused-ring (bicyclic) bond motifs is 1. The number of carbonyl (C=O) groups is 2. The van der Waals surface area contributed by atoms with E-state index in [0.717, 1.165) is 24.8 Å².